The first-order chi connectivity index (χ1) is 21.6. The van der Waals surface area contributed by atoms with Crippen molar-refractivity contribution >= 4 is 45.1 Å². The molecular formula is C39H24N2O3. The molecule has 0 aliphatic carbocycles. The highest BCUT2D eigenvalue weighted by molar-refractivity contribution is 6.36. The lowest BCUT2D eigenvalue weighted by molar-refractivity contribution is 0.0925. The Labute approximate surface area is 253 Å². The summed E-state index contributed by atoms with van der Waals surface area (Å²) >= 11 is 0. The van der Waals surface area contributed by atoms with Crippen molar-refractivity contribution in [2.24, 2.45) is 0 Å². The fraction of sp³-hybridized carbons (Fsp3) is 0. The van der Waals surface area contributed by atoms with Crippen LogP contribution in [0.4, 0.5) is 5.69 Å². The highest BCUT2D eigenvalue weighted by Gasteiger charge is 2.39. The summed E-state index contributed by atoms with van der Waals surface area (Å²) in [5.41, 5.74) is 6.39. The van der Waals surface area contributed by atoms with Crippen LogP contribution in [0, 0.1) is 0 Å². The number of para-hydroxylation sites is 2. The van der Waals surface area contributed by atoms with Crippen molar-refractivity contribution in [1.82, 2.24) is 4.57 Å². The van der Waals surface area contributed by atoms with E-state index < -0.39 is 5.91 Å². The third-order valence-electron chi connectivity index (χ3n) is 8.34. The maximum absolute atomic E-state index is 14.2. The summed E-state index contributed by atoms with van der Waals surface area (Å²) in [6.45, 7) is 0. The van der Waals surface area contributed by atoms with E-state index in [1.165, 1.54) is 4.90 Å². The summed E-state index contributed by atoms with van der Waals surface area (Å²) in [5.74, 6) is -0.887. The topological polar surface area (TPSA) is 59.4 Å². The molecule has 0 spiro atoms. The molecule has 0 N–H and O–H groups in total. The number of carbonyl (C=O) groups excluding carboxylic acids is 3. The molecule has 8 rings (SSSR count). The predicted octanol–water partition coefficient (Wildman–Crippen LogP) is 8.48. The molecule has 1 aliphatic rings. The van der Waals surface area contributed by atoms with Crippen molar-refractivity contribution in [2.75, 3.05) is 4.90 Å². The number of imide groups is 1. The third-order valence-corrected chi connectivity index (χ3v) is 8.34. The highest BCUT2D eigenvalue weighted by atomic mass is 16.2. The number of aromatic nitrogens is 1. The summed E-state index contributed by atoms with van der Waals surface area (Å²) in [6, 6.07) is 45.5. The molecule has 1 aromatic heterocycles. The quantitative estimate of drug-likeness (QED) is 0.155. The van der Waals surface area contributed by atoms with Crippen LogP contribution in [-0.4, -0.2) is 22.2 Å². The van der Waals surface area contributed by atoms with Crippen molar-refractivity contribution in [3.05, 3.63) is 168 Å². The van der Waals surface area contributed by atoms with Gasteiger partial charge in [-0.15, -0.1) is 0 Å². The monoisotopic (exact) mass is 568 g/mol. The Hall–Kier alpha value is -6.07. The second-order valence-corrected chi connectivity index (χ2v) is 10.8. The van der Waals surface area contributed by atoms with E-state index in [4.69, 9.17) is 0 Å². The molecule has 0 saturated carbocycles. The van der Waals surface area contributed by atoms with Crippen LogP contribution in [-0.2, 0) is 0 Å². The number of nitrogens with zero attached hydrogens (tertiary/aromatic N) is 2. The van der Waals surface area contributed by atoms with Crippen LogP contribution in [0.25, 0.3) is 38.6 Å². The molecule has 208 valence electrons. The average Bonchev–Trinajstić information content (AvgIpc) is 3.56. The molecule has 0 bridgehead atoms. The third kappa shape index (κ3) is 3.83. The number of hydrogen-bond donors (Lipinski definition) is 0. The van der Waals surface area contributed by atoms with Gasteiger partial charge in [-0.25, -0.2) is 4.90 Å². The summed E-state index contributed by atoms with van der Waals surface area (Å²) in [6.07, 6.45) is 0. The van der Waals surface area contributed by atoms with Crippen molar-refractivity contribution in [1.29, 1.82) is 0 Å². The molecule has 0 saturated heterocycles. The van der Waals surface area contributed by atoms with Gasteiger partial charge in [0.25, 0.3) is 11.8 Å². The normalized spacial score (nSPS) is 12.7. The van der Waals surface area contributed by atoms with Crippen molar-refractivity contribution < 1.29 is 14.4 Å². The predicted molar refractivity (Wildman–Crippen MR) is 174 cm³/mol. The summed E-state index contributed by atoms with van der Waals surface area (Å²) in [7, 11) is 0. The molecule has 0 unspecified atom stereocenters. The maximum atomic E-state index is 14.2. The van der Waals surface area contributed by atoms with Crippen LogP contribution in [0.5, 0.6) is 0 Å². The summed E-state index contributed by atoms with van der Waals surface area (Å²) in [4.78, 5) is 43.2. The van der Waals surface area contributed by atoms with E-state index in [9.17, 15) is 14.4 Å². The first-order valence-electron chi connectivity index (χ1n) is 14.4. The van der Waals surface area contributed by atoms with Gasteiger partial charge in [-0.2, -0.15) is 0 Å². The number of fused-ring (bicyclic) bond motifs is 4. The van der Waals surface area contributed by atoms with Gasteiger partial charge in [-0.1, -0.05) is 109 Å². The van der Waals surface area contributed by atoms with Crippen LogP contribution in [0.3, 0.4) is 0 Å². The first-order valence-corrected chi connectivity index (χ1v) is 14.4. The summed E-state index contributed by atoms with van der Waals surface area (Å²) in [5, 5.41) is 1.85. The van der Waals surface area contributed by atoms with Gasteiger partial charge in [0.05, 0.1) is 33.5 Å². The molecule has 2 heterocycles. The van der Waals surface area contributed by atoms with E-state index >= 15 is 0 Å². The van der Waals surface area contributed by atoms with Crippen molar-refractivity contribution in [3.8, 4) is 16.8 Å². The van der Waals surface area contributed by atoms with E-state index in [0.29, 0.717) is 39.1 Å². The zero-order valence-corrected chi connectivity index (χ0v) is 23.5. The molecule has 0 fully saturated rings. The SMILES string of the molecule is O=C(c1ccccc1)c1cccc2c3ccccc3n(-c3cccc4c3C(=O)N(c3ccc(-c5ccccc5)cc3)C4=O)c12. The van der Waals surface area contributed by atoms with Gasteiger partial charge in [0.1, 0.15) is 0 Å². The van der Waals surface area contributed by atoms with Gasteiger partial charge >= 0.3 is 0 Å². The Kier molecular flexibility index (Phi) is 5.84. The number of rotatable bonds is 5. The lowest BCUT2D eigenvalue weighted by atomic mass is 10.00. The van der Waals surface area contributed by atoms with Crippen LogP contribution in [0.15, 0.2) is 146 Å². The highest BCUT2D eigenvalue weighted by Crippen LogP contribution is 2.39. The van der Waals surface area contributed by atoms with Gasteiger partial charge in [0, 0.05) is 21.9 Å². The van der Waals surface area contributed by atoms with E-state index in [-0.39, 0.29) is 11.7 Å². The van der Waals surface area contributed by atoms with Crippen LogP contribution < -0.4 is 4.90 Å². The van der Waals surface area contributed by atoms with Gasteiger partial charge in [0.15, 0.2) is 5.78 Å². The van der Waals surface area contributed by atoms with E-state index in [1.807, 2.05) is 114 Å². The molecular weight excluding hydrogens is 544 g/mol. The molecule has 2 amide bonds. The molecule has 1 aliphatic heterocycles. The second kappa shape index (κ2) is 10.0. The lowest BCUT2D eigenvalue weighted by Crippen LogP contribution is -2.29. The smallest absolute Gasteiger partial charge is 0.268 e. The molecule has 6 aromatic carbocycles. The molecule has 7 aromatic rings. The largest absolute Gasteiger partial charge is 0.308 e. The minimum atomic E-state index is -0.397. The standard InChI is InChI=1S/C39H24N2O3/c42-37(27-13-5-2-6-14-27)32-18-9-16-30-29-15-7-8-19-33(29)41(36(30)32)34-20-10-17-31-35(34)39(44)40(38(31)43)28-23-21-26(22-24-28)25-11-3-1-4-12-25/h1-24H. The fourth-order valence-corrected chi connectivity index (χ4v) is 6.32. The number of anilines is 1. The number of hydrogen-bond acceptors (Lipinski definition) is 3. The van der Waals surface area contributed by atoms with Crippen LogP contribution >= 0.6 is 0 Å². The van der Waals surface area contributed by atoms with Gasteiger partial charge in [-0.3, -0.25) is 14.4 Å². The Morgan fingerprint density at radius 1 is 0.523 bits per heavy atom. The zero-order valence-electron chi connectivity index (χ0n) is 23.5. The Balaban J connectivity index is 1.31. The number of benzene rings is 6. The summed E-state index contributed by atoms with van der Waals surface area (Å²) < 4.78 is 1.97. The second-order valence-electron chi connectivity index (χ2n) is 10.8. The first kappa shape index (κ1) is 25.6. The molecule has 0 atom stereocenters. The molecule has 44 heavy (non-hydrogen) atoms. The van der Waals surface area contributed by atoms with Crippen LogP contribution in [0.1, 0.15) is 36.6 Å². The van der Waals surface area contributed by atoms with Gasteiger partial charge in [0.2, 0.25) is 0 Å². The van der Waals surface area contributed by atoms with E-state index in [2.05, 4.69) is 0 Å². The molecule has 5 heteroatoms. The Bertz CT molecular complexity index is 2270. The Morgan fingerprint density at radius 2 is 1.16 bits per heavy atom. The molecule has 0 radical (unpaired) electrons. The minimum absolute atomic E-state index is 0.115. The number of ketones is 1. The van der Waals surface area contributed by atoms with Crippen LogP contribution in [0.2, 0.25) is 0 Å². The Morgan fingerprint density at radius 3 is 1.93 bits per heavy atom. The van der Waals surface area contributed by atoms with Crippen molar-refractivity contribution in [3.63, 3.8) is 0 Å². The fourth-order valence-electron chi connectivity index (χ4n) is 6.32. The van der Waals surface area contributed by atoms with Crippen molar-refractivity contribution in [2.45, 2.75) is 0 Å². The van der Waals surface area contributed by atoms with E-state index in [0.717, 1.165) is 27.4 Å². The van der Waals surface area contributed by atoms with Gasteiger partial charge < -0.3 is 4.57 Å². The maximum Gasteiger partial charge on any atom is 0.268 e. The number of carbonyl (C=O) groups is 3. The zero-order chi connectivity index (χ0) is 29.8. The minimum Gasteiger partial charge on any atom is -0.308 e. The average molecular weight is 569 g/mol. The van der Waals surface area contributed by atoms with E-state index in [1.54, 1.807) is 36.4 Å². The lowest BCUT2D eigenvalue weighted by Gasteiger charge is -2.16. The molecule has 5 nitrogen and oxygen atoms in total. The number of amides is 2. The van der Waals surface area contributed by atoms with Gasteiger partial charge in [-0.05, 0) is 47.5 Å².